The second-order valence-corrected chi connectivity index (χ2v) is 9.69. The van der Waals surface area contributed by atoms with Crippen LogP contribution in [0.5, 0.6) is 0 Å². The number of benzene rings is 2. The summed E-state index contributed by atoms with van der Waals surface area (Å²) < 4.78 is 4.73. The van der Waals surface area contributed by atoms with Crippen molar-refractivity contribution in [1.82, 2.24) is 19.2 Å². The highest BCUT2D eigenvalue weighted by Gasteiger charge is 2.28. The van der Waals surface area contributed by atoms with Crippen molar-refractivity contribution in [2.45, 2.75) is 32.5 Å². The first-order valence-electron chi connectivity index (χ1n) is 10.4. The monoisotopic (exact) mass is 466 g/mol. The lowest BCUT2D eigenvalue weighted by Crippen LogP contribution is -2.26. The molecule has 0 spiro atoms. The minimum atomic E-state index is 0.436. The molecule has 4 nitrogen and oxygen atoms in total. The lowest BCUT2D eigenvalue weighted by atomic mass is 10.2. The van der Waals surface area contributed by atoms with Gasteiger partial charge in [-0.1, -0.05) is 35.4 Å². The number of aryl methyl sites for hydroxylation is 1. The highest BCUT2D eigenvalue weighted by Crippen LogP contribution is 2.35. The number of aromatic nitrogens is 3. The zero-order valence-corrected chi connectivity index (χ0v) is 19.6. The third-order valence-electron chi connectivity index (χ3n) is 5.78. The van der Waals surface area contributed by atoms with Crippen LogP contribution >= 0.6 is 35.2 Å². The van der Waals surface area contributed by atoms with Crippen LogP contribution in [0.1, 0.15) is 29.3 Å². The van der Waals surface area contributed by atoms with Crippen molar-refractivity contribution < 1.29 is 0 Å². The van der Waals surface area contributed by atoms with Gasteiger partial charge < -0.3 is 0 Å². The number of hydrogen-bond donors (Lipinski definition) is 0. The molecule has 1 aliphatic heterocycles. The van der Waals surface area contributed by atoms with Gasteiger partial charge in [0.2, 0.25) is 4.77 Å². The van der Waals surface area contributed by atoms with Crippen LogP contribution in [-0.2, 0) is 6.67 Å². The molecular formula is C24H23ClN4S2. The van der Waals surface area contributed by atoms with E-state index in [2.05, 4.69) is 58.2 Å². The van der Waals surface area contributed by atoms with E-state index < -0.39 is 0 Å². The minimum Gasteiger partial charge on any atom is -0.276 e. The predicted molar refractivity (Wildman–Crippen MR) is 131 cm³/mol. The average molecular weight is 467 g/mol. The largest absolute Gasteiger partial charge is 0.276 e. The Bertz CT molecular complexity index is 1220. The van der Waals surface area contributed by atoms with Gasteiger partial charge in [0.05, 0.1) is 6.67 Å². The molecule has 0 saturated carbocycles. The molecule has 31 heavy (non-hydrogen) atoms. The van der Waals surface area contributed by atoms with Gasteiger partial charge in [-0.2, -0.15) is 0 Å². The lowest BCUT2D eigenvalue weighted by Gasteiger charge is -2.23. The Balaban J connectivity index is 1.57. The van der Waals surface area contributed by atoms with Crippen molar-refractivity contribution in [2.24, 2.45) is 0 Å². The first-order chi connectivity index (χ1) is 15.1. The number of rotatable bonds is 5. The lowest BCUT2D eigenvalue weighted by molar-refractivity contribution is 0.192. The summed E-state index contributed by atoms with van der Waals surface area (Å²) in [5.41, 5.74) is 3.22. The number of thiophene rings is 1. The Kier molecular flexibility index (Phi) is 5.80. The predicted octanol–water partition coefficient (Wildman–Crippen LogP) is 6.89. The van der Waals surface area contributed by atoms with E-state index in [1.165, 1.54) is 23.3 Å². The molecule has 0 amide bonds. The summed E-state index contributed by atoms with van der Waals surface area (Å²) in [5.74, 6) is 0.831. The number of halogens is 1. The molecule has 1 unspecified atom stereocenters. The Hall–Kier alpha value is -2.25. The maximum Gasteiger partial charge on any atom is 0.204 e. The first kappa shape index (κ1) is 20.6. The molecule has 0 bridgehead atoms. The van der Waals surface area contributed by atoms with E-state index in [-0.39, 0.29) is 0 Å². The van der Waals surface area contributed by atoms with Gasteiger partial charge in [-0.15, -0.1) is 16.4 Å². The van der Waals surface area contributed by atoms with Crippen molar-refractivity contribution in [3.63, 3.8) is 0 Å². The smallest absolute Gasteiger partial charge is 0.204 e. The Morgan fingerprint density at radius 1 is 1.10 bits per heavy atom. The van der Waals surface area contributed by atoms with Gasteiger partial charge >= 0.3 is 0 Å². The topological polar surface area (TPSA) is 26.0 Å². The fourth-order valence-corrected chi connectivity index (χ4v) is 5.49. The molecule has 0 radical (unpaired) electrons. The maximum atomic E-state index is 6.13. The molecule has 1 atom stereocenters. The summed E-state index contributed by atoms with van der Waals surface area (Å²) in [6.45, 7) is 3.82. The molecule has 4 aromatic rings. The van der Waals surface area contributed by atoms with E-state index in [0.29, 0.717) is 22.5 Å². The van der Waals surface area contributed by atoms with Crippen LogP contribution in [0.25, 0.3) is 17.1 Å². The average Bonchev–Trinajstić information content (AvgIpc) is 3.51. The second-order valence-electron chi connectivity index (χ2n) is 7.91. The van der Waals surface area contributed by atoms with Crippen LogP contribution in [-0.4, -0.2) is 25.8 Å². The van der Waals surface area contributed by atoms with Crippen LogP contribution in [0.15, 0.2) is 66.0 Å². The van der Waals surface area contributed by atoms with Crippen molar-refractivity contribution in [1.29, 1.82) is 0 Å². The maximum absolute atomic E-state index is 6.13. The molecule has 5 rings (SSSR count). The van der Waals surface area contributed by atoms with E-state index in [0.717, 1.165) is 23.6 Å². The molecular weight excluding hydrogens is 444 g/mol. The summed E-state index contributed by atoms with van der Waals surface area (Å²) in [4.78, 5) is 3.90. The third kappa shape index (κ3) is 4.13. The molecule has 0 N–H and O–H groups in total. The molecule has 2 aromatic carbocycles. The van der Waals surface area contributed by atoms with E-state index in [9.17, 15) is 0 Å². The standard InChI is InChI=1S/C24H23ClN4S2/c1-17-6-12-20(13-7-17)29-23(18-8-10-19(25)11-9-18)26-28(24(29)30)16-27-14-2-4-21(27)22-5-3-15-31-22/h3,5-13,15,21H,2,4,14,16H2,1H3. The fourth-order valence-electron chi connectivity index (χ4n) is 4.18. The quantitative estimate of drug-likeness (QED) is 0.299. The van der Waals surface area contributed by atoms with Crippen molar-refractivity contribution >= 4 is 35.2 Å². The van der Waals surface area contributed by atoms with Crippen LogP contribution in [0, 0.1) is 11.7 Å². The minimum absolute atomic E-state index is 0.436. The zero-order valence-electron chi connectivity index (χ0n) is 17.2. The normalized spacial score (nSPS) is 16.8. The third-order valence-corrected chi connectivity index (χ3v) is 7.40. The van der Waals surface area contributed by atoms with Crippen molar-refractivity contribution in [2.75, 3.05) is 6.54 Å². The summed E-state index contributed by atoms with van der Waals surface area (Å²) in [6.07, 6.45) is 2.37. The number of hydrogen-bond acceptors (Lipinski definition) is 4. The van der Waals surface area contributed by atoms with Gasteiger partial charge in [0, 0.05) is 33.7 Å². The molecule has 1 saturated heterocycles. The fraction of sp³-hybridized carbons (Fsp3) is 0.250. The van der Waals surface area contributed by atoms with Gasteiger partial charge in [-0.3, -0.25) is 9.47 Å². The van der Waals surface area contributed by atoms with Crippen molar-refractivity contribution in [3.05, 3.63) is 86.3 Å². The second kappa shape index (κ2) is 8.71. The van der Waals surface area contributed by atoms with Gasteiger partial charge in [0.15, 0.2) is 5.82 Å². The summed E-state index contributed by atoms with van der Waals surface area (Å²) in [6, 6.07) is 21.0. The summed E-state index contributed by atoms with van der Waals surface area (Å²) in [7, 11) is 0. The number of nitrogens with zero attached hydrogens (tertiary/aromatic N) is 4. The highest BCUT2D eigenvalue weighted by molar-refractivity contribution is 7.71. The molecule has 1 fully saturated rings. The van der Waals surface area contributed by atoms with E-state index >= 15 is 0 Å². The van der Waals surface area contributed by atoms with Gasteiger partial charge in [-0.25, -0.2) is 4.68 Å². The Labute approximate surface area is 196 Å². The molecule has 7 heteroatoms. The van der Waals surface area contributed by atoms with Crippen molar-refractivity contribution in [3.8, 4) is 17.1 Å². The van der Waals surface area contributed by atoms with Crippen LogP contribution < -0.4 is 0 Å². The van der Waals surface area contributed by atoms with Gasteiger partial charge in [0.1, 0.15) is 0 Å². The van der Waals surface area contributed by atoms with Crippen LogP contribution in [0.4, 0.5) is 0 Å². The molecule has 158 valence electrons. The SMILES string of the molecule is Cc1ccc(-n2c(-c3ccc(Cl)cc3)nn(CN3CCCC3c3cccs3)c2=S)cc1. The van der Waals surface area contributed by atoms with Crippen LogP contribution in [0.3, 0.4) is 0 Å². The van der Waals surface area contributed by atoms with E-state index in [1.807, 2.05) is 40.3 Å². The number of likely N-dealkylation sites (tertiary alicyclic amines) is 1. The highest BCUT2D eigenvalue weighted by atomic mass is 35.5. The van der Waals surface area contributed by atoms with Gasteiger partial charge in [0.25, 0.3) is 0 Å². The van der Waals surface area contributed by atoms with E-state index in [1.54, 1.807) is 0 Å². The zero-order chi connectivity index (χ0) is 21.4. The molecule has 2 aromatic heterocycles. The first-order valence-corrected chi connectivity index (χ1v) is 12.1. The van der Waals surface area contributed by atoms with Gasteiger partial charge in [-0.05, 0) is 79.8 Å². The van der Waals surface area contributed by atoms with E-state index in [4.69, 9.17) is 28.9 Å². The Morgan fingerprint density at radius 2 is 1.87 bits per heavy atom. The summed E-state index contributed by atoms with van der Waals surface area (Å²) in [5, 5.41) is 7.84. The van der Waals surface area contributed by atoms with Crippen LogP contribution in [0.2, 0.25) is 5.02 Å². The molecule has 1 aliphatic rings. The Morgan fingerprint density at radius 3 is 2.58 bits per heavy atom. The molecule has 0 aliphatic carbocycles. The molecule has 3 heterocycles. The summed E-state index contributed by atoms with van der Waals surface area (Å²) >= 11 is 13.9.